The average Bonchev–Trinajstić information content (AvgIpc) is 2.13. The Morgan fingerprint density at radius 2 is 2.44 bits per heavy atom. The number of likely N-dealkylation sites (N-methyl/N-ethyl adjacent to an activating group) is 1. The minimum atomic E-state index is 0.0463. The van der Waals surface area contributed by atoms with E-state index in [4.69, 9.17) is 0 Å². The number of ketones is 1. The highest BCUT2D eigenvalue weighted by atomic mass is 16.1. The van der Waals surface area contributed by atoms with E-state index in [0.717, 1.165) is 6.54 Å². The normalized spacial score (nSPS) is 27.1. The maximum absolute atomic E-state index is 10.8. The van der Waals surface area contributed by atoms with Gasteiger partial charge in [-0.25, -0.2) is 0 Å². The molecule has 0 spiro atoms. The molecule has 0 saturated heterocycles. The van der Waals surface area contributed by atoms with Gasteiger partial charge in [-0.05, 0) is 14.0 Å². The molecule has 9 heavy (non-hydrogen) atoms. The molecule has 0 amide bonds. The number of hydrogen-bond donors (Lipinski definition) is 0. The minimum Gasteiger partial charge on any atom is -0.298 e. The van der Waals surface area contributed by atoms with Crippen LogP contribution in [0, 0.1) is 0 Å². The van der Waals surface area contributed by atoms with Crippen LogP contribution in [0.4, 0.5) is 0 Å². The molecule has 0 radical (unpaired) electrons. The van der Waals surface area contributed by atoms with Crippen LogP contribution in [0.1, 0.15) is 6.92 Å². The van der Waals surface area contributed by atoms with Crippen molar-refractivity contribution in [2.75, 3.05) is 13.6 Å². The fraction of sp³-hybridized carbons (Fsp3) is 0.571. The van der Waals surface area contributed by atoms with E-state index in [1.807, 2.05) is 24.1 Å². The number of carbonyl (C=O) groups is 1. The molecule has 2 heteroatoms. The first-order valence-electron chi connectivity index (χ1n) is 3.09. The highest BCUT2D eigenvalue weighted by molar-refractivity contribution is 5.83. The predicted octanol–water partition coefficient (Wildman–Crippen LogP) is 0.446. The van der Waals surface area contributed by atoms with Crippen LogP contribution in [-0.2, 0) is 4.79 Å². The lowest BCUT2D eigenvalue weighted by atomic mass is 10.2. The first-order valence-corrected chi connectivity index (χ1v) is 3.09. The van der Waals surface area contributed by atoms with Gasteiger partial charge in [0.1, 0.15) is 0 Å². The summed E-state index contributed by atoms with van der Waals surface area (Å²) in [6.45, 7) is 2.53. The zero-order chi connectivity index (χ0) is 6.85. The summed E-state index contributed by atoms with van der Waals surface area (Å²) in [5.74, 6) is 0.228. The average molecular weight is 125 g/mol. The van der Waals surface area contributed by atoms with Crippen LogP contribution in [0.25, 0.3) is 0 Å². The van der Waals surface area contributed by atoms with Crippen LogP contribution < -0.4 is 0 Å². The van der Waals surface area contributed by atoms with Crippen molar-refractivity contribution < 1.29 is 4.79 Å². The molecule has 1 rings (SSSR count). The highest BCUT2D eigenvalue weighted by Gasteiger charge is 2.18. The molecule has 0 aromatic rings. The molecule has 1 atom stereocenters. The van der Waals surface area contributed by atoms with Gasteiger partial charge in [0, 0.05) is 6.54 Å². The lowest BCUT2D eigenvalue weighted by molar-refractivity contribution is -0.119. The summed E-state index contributed by atoms with van der Waals surface area (Å²) in [5.41, 5.74) is 0. The Labute approximate surface area is 55.2 Å². The first-order chi connectivity index (χ1) is 4.22. The molecule has 0 saturated carbocycles. The van der Waals surface area contributed by atoms with Gasteiger partial charge < -0.3 is 0 Å². The van der Waals surface area contributed by atoms with Gasteiger partial charge in [-0.2, -0.15) is 0 Å². The molecule has 1 aliphatic rings. The summed E-state index contributed by atoms with van der Waals surface area (Å²) in [6.07, 6.45) is 3.97. The van der Waals surface area contributed by atoms with Crippen LogP contribution in [0.5, 0.6) is 0 Å². The monoisotopic (exact) mass is 125 g/mol. The van der Waals surface area contributed by atoms with E-state index in [0.29, 0.717) is 0 Å². The van der Waals surface area contributed by atoms with E-state index in [9.17, 15) is 4.79 Å². The van der Waals surface area contributed by atoms with Crippen LogP contribution in [-0.4, -0.2) is 30.3 Å². The van der Waals surface area contributed by atoms with E-state index < -0.39 is 0 Å². The molecule has 50 valence electrons. The zero-order valence-corrected chi connectivity index (χ0v) is 5.79. The van der Waals surface area contributed by atoms with Crippen molar-refractivity contribution in [3.8, 4) is 0 Å². The van der Waals surface area contributed by atoms with Crippen LogP contribution >= 0.6 is 0 Å². The minimum absolute atomic E-state index is 0.0463. The fourth-order valence-electron chi connectivity index (χ4n) is 1.06. The smallest absolute Gasteiger partial charge is 0.150 e. The van der Waals surface area contributed by atoms with Gasteiger partial charge in [0.2, 0.25) is 0 Å². The summed E-state index contributed by atoms with van der Waals surface area (Å²) in [7, 11) is 1.95. The van der Waals surface area contributed by atoms with Crippen molar-refractivity contribution in [2.24, 2.45) is 0 Å². The maximum Gasteiger partial charge on any atom is 0.150 e. The molecule has 2 nitrogen and oxygen atoms in total. The Morgan fingerprint density at radius 3 is 2.67 bits per heavy atom. The molecule has 0 N–H and O–H groups in total. The summed E-state index contributed by atoms with van der Waals surface area (Å²) in [6, 6.07) is 0.0463. The Hall–Kier alpha value is -0.630. The molecule has 0 fully saturated rings. The van der Waals surface area contributed by atoms with Crippen LogP contribution in [0.2, 0.25) is 0 Å². The largest absolute Gasteiger partial charge is 0.298 e. The Morgan fingerprint density at radius 1 is 1.78 bits per heavy atom. The molecule has 0 bridgehead atoms. The quantitative estimate of drug-likeness (QED) is 0.474. The van der Waals surface area contributed by atoms with Gasteiger partial charge >= 0.3 is 0 Å². The third kappa shape index (κ3) is 1.19. The molecule has 0 aromatic heterocycles. The molecular weight excluding hydrogens is 114 g/mol. The van der Waals surface area contributed by atoms with Gasteiger partial charge in [0.05, 0.1) is 6.04 Å². The fourth-order valence-corrected chi connectivity index (χ4v) is 1.06. The summed E-state index contributed by atoms with van der Waals surface area (Å²) < 4.78 is 0. The Balaban J connectivity index is 2.59. The standard InChI is InChI=1S/C7H11NO/c1-6(9)7-4-3-5-8(7)2/h3-4,7H,5H2,1-2H3/t7-/m0/s1. The summed E-state index contributed by atoms with van der Waals surface area (Å²) in [4.78, 5) is 12.8. The zero-order valence-electron chi connectivity index (χ0n) is 5.79. The number of hydrogen-bond acceptors (Lipinski definition) is 2. The molecule has 0 unspecified atom stereocenters. The second kappa shape index (κ2) is 2.31. The van der Waals surface area contributed by atoms with Crippen molar-refractivity contribution in [1.29, 1.82) is 0 Å². The lowest BCUT2D eigenvalue weighted by Gasteiger charge is -2.14. The van der Waals surface area contributed by atoms with Crippen LogP contribution in [0.3, 0.4) is 0 Å². The van der Waals surface area contributed by atoms with Gasteiger partial charge in [-0.3, -0.25) is 9.69 Å². The Bertz CT molecular complexity index is 151. The van der Waals surface area contributed by atoms with Crippen molar-refractivity contribution in [3.05, 3.63) is 12.2 Å². The molecule has 0 aromatic carbocycles. The maximum atomic E-state index is 10.8. The number of rotatable bonds is 1. The number of nitrogens with zero attached hydrogens (tertiary/aromatic N) is 1. The molecule has 1 aliphatic heterocycles. The summed E-state index contributed by atoms with van der Waals surface area (Å²) >= 11 is 0. The van der Waals surface area contributed by atoms with Crippen molar-refractivity contribution in [1.82, 2.24) is 4.90 Å². The van der Waals surface area contributed by atoms with E-state index in [1.54, 1.807) is 6.92 Å². The number of carbonyl (C=O) groups excluding carboxylic acids is 1. The second-order valence-electron chi connectivity index (χ2n) is 2.42. The predicted molar refractivity (Wildman–Crippen MR) is 36.2 cm³/mol. The van der Waals surface area contributed by atoms with E-state index in [2.05, 4.69) is 0 Å². The lowest BCUT2D eigenvalue weighted by Crippen LogP contribution is -2.31. The van der Waals surface area contributed by atoms with Gasteiger partial charge in [0.15, 0.2) is 5.78 Å². The number of Topliss-reactive ketones (excluding diaryl/α,β-unsaturated/α-hetero) is 1. The van der Waals surface area contributed by atoms with E-state index in [-0.39, 0.29) is 11.8 Å². The van der Waals surface area contributed by atoms with Gasteiger partial charge in [-0.15, -0.1) is 0 Å². The van der Waals surface area contributed by atoms with E-state index >= 15 is 0 Å². The molecule has 0 aliphatic carbocycles. The van der Waals surface area contributed by atoms with Crippen LogP contribution in [0.15, 0.2) is 12.2 Å². The third-order valence-electron chi connectivity index (χ3n) is 1.60. The van der Waals surface area contributed by atoms with Crippen molar-refractivity contribution in [3.63, 3.8) is 0 Å². The second-order valence-corrected chi connectivity index (χ2v) is 2.42. The topological polar surface area (TPSA) is 20.3 Å². The highest BCUT2D eigenvalue weighted by Crippen LogP contribution is 2.06. The van der Waals surface area contributed by atoms with E-state index in [1.165, 1.54) is 0 Å². The molecule has 1 heterocycles. The van der Waals surface area contributed by atoms with Crippen molar-refractivity contribution >= 4 is 5.78 Å². The van der Waals surface area contributed by atoms with Crippen molar-refractivity contribution in [2.45, 2.75) is 13.0 Å². The van der Waals surface area contributed by atoms with Gasteiger partial charge in [-0.1, -0.05) is 12.2 Å². The SMILES string of the molecule is CC(=O)[C@@H]1C=CCN1C. The first kappa shape index (κ1) is 6.49. The Kier molecular flexibility index (Phi) is 1.67. The van der Waals surface area contributed by atoms with Gasteiger partial charge in [0.25, 0.3) is 0 Å². The third-order valence-corrected chi connectivity index (χ3v) is 1.60. The summed E-state index contributed by atoms with van der Waals surface area (Å²) in [5, 5.41) is 0. The molecular formula is C7H11NO.